The largest absolute Gasteiger partial charge is 0.497 e. The zero-order valence-electron chi connectivity index (χ0n) is 31.9. The van der Waals surface area contributed by atoms with Crippen LogP contribution in [0.1, 0.15) is 66.0 Å². The molecular formula is C39H31ClF8N8O5S. The van der Waals surface area contributed by atoms with Crippen molar-refractivity contribution in [3.8, 4) is 11.4 Å². The Morgan fingerprint density at radius 1 is 1.02 bits per heavy atom. The number of carbonyl (C=O) groups excluding carboxylic acids is 1. The molecule has 0 unspecified atom stereocenters. The number of aromatic nitrogens is 6. The first-order valence-corrected chi connectivity index (χ1v) is 20.9. The number of sulfonamides is 1. The lowest BCUT2D eigenvalue weighted by molar-refractivity contribution is -0.123. The highest BCUT2D eigenvalue weighted by atomic mass is 35.5. The van der Waals surface area contributed by atoms with Crippen LogP contribution < -0.4 is 20.3 Å². The number of nitrogens with zero attached hydrogens (tertiary/aromatic N) is 6. The fourth-order valence-corrected chi connectivity index (χ4v) is 9.85. The Labute approximate surface area is 349 Å². The van der Waals surface area contributed by atoms with E-state index in [2.05, 4.69) is 25.2 Å². The number of benzene rings is 3. The molecule has 3 aromatic carbocycles. The van der Waals surface area contributed by atoms with Gasteiger partial charge >= 0.3 is 0 Å². The first-order chi connectivity index (χ1) is 29.4. The average Bonchev–Trinajstić information content (AvgIpc) is 4.11. The molecule has 2 N–H and O–H groups in total. The SMILES string of the molecule is COc1ccc2c(=O)n(-c3ccc(Cl)c4c(NS(=O)(=O)C5CC5)nn(CC(F)F)c34)c([C@H](Cc3cc(F)cc(F)c3)NC(=O)Cn3nc(C(F)F)c4c3C(F)(F)[C@@H]3C[C@H]43)nc2c1. The number of anilines is 1. The van der Waals surface area contributed by atoms with Crippen LogP contribution in [0.5, 0.6) is 5.75 Å². The fourth-order valence-electron chi connectivity index (χ4n) is 8.27. The number of ether oxygens (including phenoxy) is 1. The quantitative estimate of drug-likeness (QED) is 0.108. The van der Waals surface area contributed by atoms with Crippen LogP contribution in [0.25, 0.3) is 27.5 Å². The molecule has 3 atom stereocenters. The van der Waals surface area contributed by atoms with Gasteiger partial charge in [-0.2, -0.15) is 19.0 Å². The Bertz CT molecular complexity index is 2990. The summed E-state index contributed by atoms with van der Waals surface area (Å²) in [5.41, 5.74) is -3.71. The highest BCUT2D eigenvalue weighted by Gasteiger charge is 2.67. The predicted molar refractivity (Wildman–Crippen MR) is 207 cm³/mol. The van der Waals surface area contributed by atoms with Gasteiger partial charge in [-0.3, -0.25) is 28.2 Å². The van der Waals surface area contributed by atoms with E-state index < -0.39 is 118 Å². The lowest BCUT2D eigenvalue weighted by Crippen LogP contribution is -2.38. The standard InChI is InChI=1S/C39H31ClF8N8O5S/c1-61-19-2-5-21-25(12-19)50-37(56(38(21)58)27-7-6-24(40)31-33(27)54(14-28(43)44)52-36(31)53-62(59,60)20-3-4-20)26(10-16-8-17(41)11-18(42)9-16)49-29(57)15-55-34-30(32(51-55)35(45)46)22-13-23(22)39(34,47)48/h2,5-9,11-12,20,22-23,26,28,35H,3-4,10,13-15H2,1H3,(H,49,57)(H,52,53)/t22-,23+,26-/m0/s1. The number of methoxy groups -OCH3 is 1. The molecule has 0 aliphatic heterocycles. The van der Waals surface area contributed by atoms with Crippen molar-refractivity contribution in [1.29, 1.82) is 0 Å². The molecule has 3 aliphatic carbocycles. The van der Waals surface area contributed by atoms with Crippen molar-refractivity contribution in [1.82, 2.24) is 34.4 Å². The number of halogens is 9. The second-order valence-corrected chi connectivity index (χ2v) is 17.7. The molecule has 6 aromatic rings. The minimum absolute atomic E-state index is 0.0398. The fraction of sp³-hybridized carbons (Fsp3) is 0.359. The molecule has 0 saturated heterocycles. The molecule has 2 fully saturated rings. The molecule has 3 aliphatic rings. The summed E-state index contributed by atoms with van der Waals surface area (Å²) in [6.45, 7) is -2.19. The molecule has 2 saturated carbocycles. The van der Waals surface area contributed by atoms with E-state index in [0.29, 0.717) is 23.6 Å². The lowest BCUT2D eigenvalue weighted by Gasteiger charge is -2.24. The molecule has 1 amide bonds. The van der Waals surface area contributed by atoms with Gasteiger partial charge < -0.3 is 10.1 Å². The van der Waals surface area contributed by atoms with Crippen molar-refractivity contribution in [2.75, 3.05) is 11.8 Å². The first kappa shape index (κ1) is 41.6. The van der Waals surface area contributed by atoms with Crippen LogP contribution in [0.4, 0.5) is 40.9 Å². The maximum absolute atomic E-state index is 15.5. The van der Waals surface area contributed by atoms with E-state index in [4.69, 9.17) is 16.3 Å². The summed E-state index contributed by atoms with van der Waals surface area (Å²) in [5, 5.41) is 9.14. The van der Waals surface area contributed by atoms with Gasteiger partial charge in [-0.25, -0.2) is 39.7 Å². The van der Waals surface area contributed by atoms with E-state index in [1.54, 1.807) is 0 Å². The van der Waals surface area contributed by atoms with Gasteiger partial charge in [0.15, 0.2) is 5.82 Å². The second-order valence-electron chi connectivity index (χ2n) is 15.3. The van der Waals surface area contributed by atoms with Gasteiger partial charge in [0.05, 0.1) is 50.9 Å². The maximum atomic E-state index is 15.5. The van der Waals surface area contributed by atoms with Gasteiger partial charge in [-0.15, -0.1) is 0 Å². The number of nitrogens with one attached hydrogen (secondary N) is 2. The first-order valence-electron chi connectivity index (χ1n) is 19.0. The molecule has 0 radical (unpaired) electrons. The van der Waals surface area contributed by atoms with Gasteiger partial charge in [-0.05, 0) is 67.1 Å². The molecule has 3 aromatic heterocycles. The van der Waals surface area contributed by atoms with E-state index in [1.807, 2.05) is 0 Å². The van der Waals surface area contributed by atoms with Gasteiger partial charge in [0, 0.05) is 30.0 Å². The van der Waals surface area contributed by atoms with Crippen molar-refractivity contribution in [2.45, 2.75) is 74.8 Å². The van der Waals surface area contributed by atoms with Gasteiger partial charge in [0.1, 0.15) is 47.7 Å². The van der Waals surface area contributed by atoms with Crippen LogP contribution in [0.2, 0.25) is 5.02 Å². The highest BCUT2D eigenvalue weighted by molar-refractivity contribution is 7.93. The Balaban J connectivity index is 1.25. The number of carbonyl (C=O) groups is 1. The summed E-state index contributed by atoms with van der Waals surface area (Å²) in [6, 6.07) is 7.30. The third kappa shape index (κ3) is 7.19. The number of alkyl halides is 6. The van der Waals surface area contributed by atoms with Crippen molar-refractivity contribution in [3.05, 3.63) is 104 Å². The van der Waals surface area contributed by atoms with Gasteiger partial charge in [0.2, 0.25) is 15.9 Å². The van der Waals surface area contributed by atoms with Crippen LogP contribution in [-0.4, -0.2) is 62.2 Å². The van der Waals surface area contributed by atoms with Crippen molar-refractivity contribution < 1.29 is 53.1 Å². The number of hydrogen-bond donors (Lipinski definition) is 2. The van der Waals surface area contributed by atoms with Crippen molar-refractivity contribution >= 4 is 55.2 Å². The van der Waals surface area contributed by atoms with E-state index in [1.165, 1.54) is 37.4 Å². The molecule has 62 heavy (non-hydrogen) atoms. The number of hydrogen-bond acceptors (Lipinski definition) is 8. The summed E-state index contributed by atoms with van der Waals surface area (Å²) >= 11 is 6.61. The smallest absolute Gasteiger partial charge is 0.293 e. The number of fused-ring (bicyclic) bond motifs is 5. The average molecular weight is 911 g/mol. The third-order valence-corrected chi connectivity index (χ3v) is 13.3. The third-order valence-electron chi connectivity index (χ3n) is 11.1. The van der Waals surface area contributed by atoms with E-state index in [9.17, 15) is 44.3 Å². The molecule has 326 valence electrons. The Kier molecular flexibility index (Phi) is 10.0. The minimum atomic E-state index is -4.07. The summed E-state index contributed by atoms with van der Waals surface area (Å²) in [4.78, 5) is 33.6. The molecule has 0 spiro atoms. The summed E-state index contributed by atoms with van der Waals surface area (Å²) < 4.78 is 153. The second kappa shape index (κ2) is 15.0. The van der Waals surface area contributed by atoms with E-state index >= 15 is 8.78 Å². The Morgan fingerprint density at radius 3 is 2.40 bits per heavy atom. The normalized spacial score (nSPS) is 18.4. The van der Waals surface area contributed by atoms with Crippen LogP contribution in [0.15, 0.2) is 53.3 Å². The molecular weight excluding hydrogens is 880 g/mol. The van der Waals surface area contributed by atoms with Crippen LogP contribution in [-0.2, 0) is 40.3 Å². The summed E-state index contributed by atoms with van der Waals surface area (Å²) in [7, 11) is -2.75. The van der Waals surface area contributed by atoms with Crippen molar-refractivity contribution in [3.63, 3.8) is 0 Å². The number of amides is 1. The molecule has 13 nitrogen and oxygen atoms in total. The monoisotopic (exact) mass is 910 g/mol. The maximum Gasteiger partial charge on any atom is 0.293 e. The lowest BCUT2D eigenvalue weighted by atomic mass is 10.0. The Hall–Kier alpha value is -5.77. The zero-order chi connectivity index (χ0) is 44.2. The minimum Gasteiger partial charge on any atom is -0.497 e. The van der Waals surface area contributed by atoms with Crippen LogP contribution in [0.3, 0.4) is 0 Å². The number of rotatable bonds is 14. The Morgan fingerprint density at radius 2 is 1.74 bits per heavy atom. The summed E-state index contributed by atoms with van der Waals surface area (Å²) in [5.74, 6) is -9.57. The van der Waals surface area contributed by atoms with Crippen molar-refractivity contribution in [2.24, 2.45) is 5.92 Å². The zero-order valence-corrected chi connectivity index (χ0v) is 33.4. The van der Waals surface area contributed by atoms with E-state index in [-0.39, 0.29) is 55.8 Å². The highest BCUT2D eigenvalue weighted by Crippen LogP contribution is 2.68. The van der Waals surface area contributed by atoms with Gasteiger partial charge in [0.25, 0.3) is 24.3 Å². The molecule has 0 bridgehead atoms. The topological polar surface area (TPSA) is 155 Å². The van der Waals surface area contributed by atoms with Gasteiger partial charge in [-0.1, -0.05) is 11.6 Å². The molecule has 3 heterocycles. The molecule has 9 rings (SSSR count). The predicted octanol–water partition coefficient (Wildman–Crippen LogP) is 7.29. The molecule has 23 heteroatoms. The van der Waals surface area contributed by atoms with Crippen LogP contribution in [0, 0.1) is 17.6 Å². The van der Waals surface area contributed by atoms with Crippen LogP contribution >= 0.6 is 11.6 Å². The van der Waals surface area contributed by atoms with E-state index in [0.717, 1.165) is 21.4 Å². The summed E-state index contributed by atoms with van der Waals surface area (Å²) in [6.07, 6.45) is -6.27.